The molecule has 1 aromatic carbocycles. The molecule has 0 aliphatic rings. The molecule has 2 aromatic rings. The SMILES string of the molecule is CCCCOc1c(C)c(/C=C/CCCO)nc2ccccc12. The smallest absolute Gasteiger partial charge is 0.133 e. The zero-order valence-corrected chi connectivity index (χ0v) is 13.5. The number of pyridine rings is 1. The van der Waals surface area contributed by atoms with Crippen molar-refractivity contribution in [1.82, 2.24) is 4.98 Å². The summed E-state index contributed by atoms with van der Waals surface area (Å²) >= 11 is 0. The number of allylic oxidation sites excluding steroid dienone is 1. The summed E-state index contributed by atoms with van der Waals surface area (Å²) in [4.78, 5) is 4.73. The van der Waals surface area contributed by atoms with Crippen molar-refractivity contribution in [2.24, 2.45) is 0 Å². The van der Waals surface area contributed by atoms with Crippen molar-refractivity contribution in [2.45, 2.75) is 39.5 Å². The fraction of sp³-hybridized carbons (Fsp3) is 0.421. The average molecular weight is 299 g/mol. The van der Waals surface area contributed by atoms with Crippen LogP contribution in [-0.4, -0.2) is 23.3 Å². The predicted molar refractivity (Wildman–Crippen MR) is 92.2 cm³/mol. The lowest BCUT2D eigenvalue weighted by Crippen LogP contribution is -2.01. The van der Waals surface area contributed by atoms with Crippen molar-refractivity contribution in [2.75, 3.05) is 13.2 Å². The highest BCUT2D eigenvalue weighted by Gasteiger charge is 2.11. The van der Waals surface area contributed by atoms with Gasteiger partial charge in [-0.15, -0.1) is 0 Å². The van der Waals surface area contributed by atoms with Crippen molar-refractivity contribution in [3.8, 4) is 5.75 Å². The van der Waals surface area contributed by atoms with E-state index in [0.29, 0.717) is 0 Å². The number of unbranched alkanes of at least 4 members (excludes halogenated alkanes) is 2. The topological polar surface area (TPSA) is 42.4 Å². The Morgan fingerprint density at radius 2 is 2.05 bits per heavy atom. The second-order valence-electron chi connectivity index (χ2n) is 5.44. The zero-order chi connectivity index (χ0) is 15.8. The van der Waals surface area contributed by atoms with Gasteiger partial charge in [0.1, 0.15) is 5.75 Å². The second kappa shape index (κ2) is 8.54. The van der Waals surface area contributed by atoms with E-state index in [9.17, 15) is 0 Å². The number of para-hydroxylation sites is 1. The van der Waals surface area contributed by atoms with E-state index in [0.717, 1.165) is 60.2 Å². The number of fused-ring (bicyclic) bond motifs is 1. The first-order chi connectivity index (χ1) is 10.8. The van der Waals surface area contributed by atoms with Crippen LogP contribution < -0.4 is 4.74 Å². The lowest BCUT2D eigenvalue weighted by atomic mass is 10.1. The first-order valence-corrected chi connectivity index (χ1v) is 8.07. The Balaban J connectivity index is 2.36. The number of aromatic nitrogens is 1. The van der Waals surface area contributed by atoms with Gasteiger partial charge in [0.25, 0.3) is 0 Å². The highest BCUT2D eigenvalue weighted by atomic mass is 16.5. The molecule has 0 fully saturated rings. The summed E-state index contributed by atoms with van der Waals surface area (Å²) in [5.41, 5.74) is 2.99. The van der Waals surface area contributed by atoms with Crippen LogP contribution in [0.5, 0.6) is 5.75 Å². The van der Waals surface area contributed by atoms with Gasteiger partial charge >= 0.3 is 0 Å². The Hall–Kier alpha value is -1.87. The van der Waals surface area contributed by atoms with Gasteiger partial charge in [0, 0.05) is 17.6 Å². The van der Waals surface area contributed by atoms with Gasteiger partial charge in [0.15, 0.2) is 0 Å². The number of ether oxygens (including phenoxy) is 1. The van der Waals surface area contributed by atoms with Gasteiger partial charge in [0.05, 0.1) is 17.8 Å². The van der Waals surface area contributed by atoms with Crippen molar-refractivity contribution in [3.63, 3.8) is 0 Å². The van der Waals surface area contributed by atoms with Crippen LogP contribution in [0, 0.1) is 6.92 Å². The molecule has 1 aromatic heterocycles. The summed E-state index contributed by atoms with van der Waals surface area (Å²) in [5, 5.41) is 9.93. The maximum Gasteiger partial charge on any atom is 0.133 e. The molecule has 0 atom stereocenters. The summed E-state index contributed by atoms with van der Waals surface area (Å²) in [6.07, 6.45) is 7.91. The van der Waals surface area contributed by atoms with Crippen LogP contribution in [0.3, 0.4) is 0 Å². The van der Waals surface area contributed by atoms with Crippen molar-refractivity contribution >= 4 is 17.0 Å². The molecule has 0 saturated heterocycles. The van der Waals surface area contributed by atoms with Crippen LogP contribution in [0.4, 0.5) is 0 Å². The molecular weight excluding hydrogens is 274 g/mol. The maximum absolute atomic E-state index is 8.85. The number of aliphatic hydroxyl groups excluding tert-OH is 1. The third kappa shape index (κ3) is 4.08. The molecule has 0 amide bonds. The highest BCUT2D eigenvalue weighted by molar-refractivity contribution is 5.88. The fourth-order valence-electron chi connectivity index (χ4n) is 2.37. The normalized spacial score (nSPS) is 11.4. The summed E-state index contributed by atoms with van der Waals surface area (Å²) in [6.45, 7) is 5.18. The average Bonchev–Trinajstić information content (AvgIpc) is 2.54. The van der Waals surface area contributed by atoms with Crippen LogP contribution in [-0.2, 0) is 0 Å². The third-order valence-corrected chi connectivity index (χ3v) is 3.66. The van der Waals surface area contributed by atoms with Crippen LogP contribution in [0.2, 0.25) is 0 Å². The second-order valence-corrected chi connectivity index (χ2v) is 5.44. The van der Waals surface area contributed by atoms with Gasteiger partial charge in [-0.3, -0.25) is 0 Å². The molecule has 22 heavy (non-hydrogen) atoms. The summed E-state index contributed by atoms with van der Waals surface area (Å²) < 4.78 is 6.04. The van der Waals surface area contributed by atoms with Gasteiger partial charge in [-0.1, -0.05) is 31.6 Å². The molecule has 3 heteroatoms. The molecule has 0 unspecified atom stereocenters. The summed E-state index contributed by atoms with van der Waals surface area (Å²) in [7, 11) is 0. The largest absolute Gasteiger partial charge is 0.493 e. The van der Waals surface area contributed by atoms with E-state index >= 15 is 0 Å². The molecule has 0 bridgehead atoms. The summed E-state index contributed by atoms with van der Waals surface area (Å²) in [5.74, 6) is 0.945. The Morgan fingerprint density at radius 1 is 1.23 bits per heavy atom. The lowest BCUT2D eigenvalue weighted by molar-refractivity contribution is 0.290. The molecule has 1 N–H and O–H groups in total. The van der Waals surface area contributed by atoms with E-state index in [2.05, 4.69) is 26.0 Å². The van der Waals surface area contributed by atoms with E-state index in [1.165, 1.54) is 0 Å². The maximum atomic E-state index is 8.85. The third-order valence-electron chi connectivity index (χ3n) is 3.66. The van der Waals surface area contributed by atoms with Gasteiger partial charge in [-0.2, -0.15) is 0 Å². The fourth-order valence-corrected chi connectivity index (χ4v) is 2.37. The minimum atomic E-state index is 0.222. The van der Waals surface area contributed by atoms with Crippen LogP contribution >= 0.6 is 0 Å². The van der Waals surface area contributed by atoms with Crippen molar-refractivity contribution in [3.05, 3.63) is 41.6 Å². The summed E-state index contributed by atoms with van der Waals surface area (Å²) in [6, 6.07) is 8.11. The van der Waals surface area contributed by atoms with E-state index < -0.39 is 0 Å². The molecule has 3 nitrogen and oxygen atoms in total. The Labute approximate surface area is 132 Å². The van der Waals surface area contributed by atoms with E-state index in [-0.39, 0.29) is 6.61 Å². The molecule has 0 spiro atoms. The quantitative estimate of drug-likeness (QED) is 0.729. The number of hydrogen-bond acceptors (Lipinski definition) is 3. The Morgan fingerprint density at radius 3 is 2.82 bits per heavy atom. The first kappa shape index (κ1) is 16.5. The Bertz CT molecular complexity index is 635. The van der Waals surface area contributed by atoms with Crippen molar-refractivity contribution < 1.29 is 9.84 Å². The Kier molecular flexibility index (Phi) is 6.41. The molecule has 2 rings (SSSR count). The van der Waals surface area contributed by atoms with Gasteiger partial charge in [0.2, 0.25) is 0 Å². The first-order valence-electron chi connectivity index (χ1n) is 8.07. The predicted octanol–water partition coefficient (Wildman–Crippen LogP) is 4.51. The van der Waals surface area contributed by atoms with E-state index in [1.54, 1.807) is 0 Å². The minimum Gasteiger partial charge on any atom is -0.493 e. The molecule has 0 aliphatic heterocycles. The standard InChI is InChI=1S/C19H25NO2/c1-3-4-14-22-19-15(2)17(11-6-5-9-13-21)20-18-12-8-7-10-16(18)19/h6-8,10-12,21H,3-5,9,13-14H2,1-2H3/b11-6+. The zero-order valence-electron chi connectivity index (χ0n) is 13.5. The van der Waals surface area contributed by atoms with Gasteiger partial charge < -0.3 is 9.84 Å². The lowest BCUT2D eigenvalue weighted by Gasteiger charge is -2.14. The number of nitrogens with zero attached hydrogens (tertiary/aromatic N) is 1. The molecule has 0 radical (unpaired) electrons. The van der Waals surface area contributed by atoms with Crippen LogP contribution in [0.15, 0.2) is 30.3 Å². The molecule has 1 heterocycles. The molecule has 0 aliphatic carbocycles. The van der Waals surface area contributed by atoms with Gasteiger partial charge in [-0.05, 0) is 44.4 Å². The van der Waals surface area contributed by atoms with Crippen molar-refractivity contribution in [1.29, 1.82) is 0 Å². The number of benzene rings is 1. The van der Waals surface area contributed by atoms with Crippen LogP contribution in [0.1, 0.15) is 43.9 Å². The van der Waals surface area contributed by atoms with Gasteiger partial charge in [-0.25, -0.2) is 4.98 Å². The molecule has 118 valence electrons. The number of hydrogen-bond donors (Lipinski definition) is 1. The van der Waals surface area contributed by atoms with Crippen LogP contribution in [0.25, 0.3) is 17.0 Å². The molecule has 0 saturated carbocycles. The minimum absolute atomic E-state index is 0.222. The van der Waals surface area contributed by atoms with E-state index in [4.69, 9.17) is 14.8 Å². The number of aliphatic hydroxyl groups is 1. The number of rotatable bonds is 8. The van der Waals surface area contributed by atoms with E-state index in [1.807, 2.05) is 24.3 Å². The molecular formula is C19H25NO2. The highest BCUT2D eigenvalue weighted by Crippen LogP contribution is 2.31. The monoisotopic (exact) mass is 299 g/mol.